The molecule has 1 heterocycles. The Morgan fingerprint density at radius 3 is 2.61 bits per heavy atom. The van der Waals surface area contributed by atoms with E-state index in [4.69, 9.17) is 56.2 Å². The third-order valence-corrected chi connectivity index (χ3v) is 5.31. The molecular formula is C22H14Cl3N3O4S. The lowest BCUT2D eigenvalue weighted by Crippen LogP contribution is -2.37. The molecule has 0 fully saturated rings. The molecule has 11 heteroatoms. The maximum Gasteiger partial charge on any atom is 0.264 e. The molecular weight excluding hydrogens is 509 g/mol. The summed E-state index contributed by atoms with van der Waals surface area (Å²) < 4.78 is 11.1. The van der Waals surface area contributed by atoms with Gasteiger partial charge in [0.25, 0.3) is 5.91 Å². The Hall–Kier alpha value is -3.04. The van der Waals surface area contributed by atoms with E-state index in [1.165, 1.54) is 12.1 Å². The topological polar surface area (TPSA) is 96.6 Å². The van der Waals surface area contributed by atoms with E-state index in [2.05, 4.69) is 15.6 Å². The van der Waals surface area contributed by atoms with Crippen molar-refractivity contribution in [3.8, 4) is 23.0 Å². The van der Waals surface area contributed by atoms with Crippen molar-refractivity contribution in [2.24, 2.45) is 0 Å². The Kier molecular flexibility index (Phi) is 6.90. The minimum absolute atomic E-state index is 0.0341. The summed E-state index contributed by atoms with van der Waals surface area (Å²) in [6, 6.07) is 14.3. The van der Waals surface area contributed by atoms with E-state index in [1.54, 1.807) is 42.5 Å². The first kappa shape index (κ1) is 23.1. The minimum Gasteiger partial charge on any atom is -0.507 e. The number of rotatable bonds is 5. The number of thiocarbonyl (C=S) groups is 1. The molecule has 0 aliphatic rings. The highest BCUT2D eigenvalue weighted by atomic mass is 35.5. The maximum atomic E-state index is 12.2. The van der Waals surface area contributed by atoms with Crippen molar-refractivity contribution in [3.63, 3.8) is 0 Å². The summed E-state index contributed by atoms with van der Waals surface area (Å²) >= 11 is 23.0. The van der Waals surface area contributed by atoms with Gasteiger partial charge >= 0.3 is 0 Å². The number of carbonyl (C=O) groups excluding carboxylic acids is 1. The number of benzene rings is 3. The number of amides is 1. The SMILES string of the molecule is O=C(COc1ccc(Cl)cc1Cl)NC(=S)Nc1ccc(O)c(-c2nc3cc(Cl)ccc3o2)c1. The van der Waals surface area contributed by atoms with Crippen molar-refractivity contribution in [1.82, 2.24) is 10.3 Å². The van der Waals surface area contributed by atoms with E-state index in [0.717, 1.165) is 0 Å². The van der Waals surface area contributed by atoms with E-state index in [-0.39, 0.29) is 28.4 Å². The number of aromatic hydroxyl groups is 1. The summed E-state index contributed by atoms with van der Waals surface area (Å²) in [6.07, 6.45) is 0. The van der Waals surface area contributed by atoms with Crippen LogP contribution in [0.2, 0.25) is 15.1 Å². The number of nitrogens with one attached hydrogen (secondary N) is 2. The number of carbonyl (C=O) groups is 1. The number of phenols is 1. The van der Waals surface area contributed by atoms with E-state index < -0.39 is 5.91 Å². The monoisotopic (exact) mass is 521 g/mol. The smallest absolute Gasteiger partial charge is 0.264 e. The molecule has 3 N–H and O–H groups in total. The molecule has 168 valence electrons. The highest BCUT2D eigenvalue weighted by molar-refractivity contribution is 7.80. The standard InChI is InChI=1S/C22H14Cl3N3O4S/c23-11-1-5-18(15(25)7-11)31-10-20(30)28-22(33)26-13-3-4-17(29)14(9-13)21-27-16-8-12(24)2-6-19(16)32-21/h1-9,29H,10H2,(H2,26,28,30,33). The van der Waals surface area contributed by atoms with Crippen LogP contribution in [0, 0.1) is 0 Å². The summed E-state index contributed by atoms with van der Waals surface area (Å²) in [6.45, 7) is -0.310. The number of phenolic OH excluding ortho intramolecular Hbond substituents is 1. The Morgan fingerprint density at radius 2 is 1.82 bits per heavy atom. The molecule has 0 bridgehead atoms. The normalized spacial score (nSPS) is 10.8. The first-order valence-corrected chi connectivity index (χ1v) is 10.9. The summed E-state index contributed by atoms with van der Waals surface area (Å²) in [5, 5.41) is 16.9. The molecule has 0 saturated heterocycles. The lowest BCUT2D eigenvalue weighted by atomic mass is 10.1. The van der Waals surface area contributed by atoms with Gasteiger partial charge in [0.1, 0.15) is 17.0 Å². The van der Waals surface area contributed by atoms with Crippen LogP contribution >= 0.6 is 47.0 Å². The Balaban J connectivity index is 1.41. The second kappa shape index (κ2) is 9.84. The molecule has 0 spiro atoms. The van der Waals surface area contributed by atoms with Gasteiger partial charge in [-0.3, -0.25) is 10.1 Å². The fraction of sp³-hybridized carbons (Fsp3) is 0.0455. The van der Waals surface area contributed by atoms with Gasteiger partial charge in [0, 0.05) is 15.7 Å². The quantitative estimate of drug-likeness (QED) is 0.217. The number of halogens is 3. The third-order valence-electron chi connectivity index (χ3n) is 4.34. The van der Waals surface area contributed by atoms with Crippen molar-refractivity contribution in [3.05, 3.63) is 69.7 Å². The van der Waals surface area contributed by atoms with Gasteiger partial charge in [-0.15, -0.1) is 0 Å². The van der Waals surface area contributed by atoms with Crippen LogP contribution in [0.4, 0.5) is 5.69 Å². The molecule has 0 radical (unpaired) electrons. The highest BCUT2D eigenvalue weighted by Crippen LogP contribution is 2.34. The van der Waals surface area contributed by atoms with Crippen molar-refractivity contribution in [1.29, 1.82) is 0 Å². The zero-order chi connectivity index (χ0) is 23.5. The zero-order valence-corrected chi connectivity index (χ0v) is 19.6. The average molecular weight is 523 g/mol. The van der Waals surface area contributed by atoms with E-state index in [1.807, 2.05) is 0 Å². The number of fused-ring (bicyclic) bond motifs is 1. The van der Waals surface area contributed by atoms with Gasteiger partial charge in [-0.05, 0) is 66.8 Å². The molecule has 0 aliphatic heterocycles. The van der Waals surface area contributed by atoms with E-state index >= 15 is 0 Å². The highest BCUT2D eigenvalue weighted by Gasteiger charge is 2.15. The molecule has 4 rings (SSSR count). The first-order chi connectivity index (χ1) is 15.8. The second-order valence-corrected chi connectivity index (χ2v) is 8.42. The van der Waals surface area contributed by atoms with Crippen molar-refractivity contribution in [2.45, 2.75) is 0 Å². The molecule has 1 amide bonds. The number of hydrogen-bond donors (Lipinski definition) is 3. The predicted molar refractivity (Wildman–Crippen MR) is 132 cm³/mol. The predicted octanol–water partition coefficient (Wildman–Crippen LogP) is 6.05. The van der Waals surface area contributed by atoms with Crippen molar-refractivity contribution < 1.29 is 19.1 Å². The summed E-state index contributed by atoms with van der Waals surface area (Å²) in [5.41, 5.74) is 1.91. The molecule has 0 aliphatic carbocycles. The van der Waals surface area contributed by atoms with Crippen molar-refractivity contribution in [2.75, 3.05) is 11.9 Å². The van der Waals surface area contributed by atoms with Gasteiger partial charge in [-0.1, -0.05) is 34.8 Å². The van der Waals surface area contributed by atoms with Crippen LogP contribution in [0.1, 0.15) is 0 Å². The van der Waals surface area contributed by atoms with Gasteiger partial charge in [-0.2, -0.15) is 0 Å². The van der Waals surface area contributed by atoms with Crippen LogP contribution in [-0.4, -0.2) is 27.7 Å². The summed E-state index contributed by atoms with van der Waals surface area (Å²) in [4.78, 5) is 16.5. The van der Waals surface area contributed by atoms with Gasteiger partial charge in [-0.25, -0.2) is 4.98 Å². The number of aromatic nitrogens is 1. The number of ether oxygens (including phenoxy) is 1. The van der Waals surface area contributed by atoms with Crippen LogP contribution in [0.25, 0.3) is 22.6 Å². The minimum atomic E-state index is -0.492. The first-order valence-electron chi connectivity index (χ1n) is 9.36. The molecule has 4 aromatic rings. The number of hydrogen-bond acceptors (Lipinski definition) is 6. The Morgan fingerprint density at radius 1 is 1.06 bits per heavy atom. The van der Waals surface area contributed by atoms with Gasteiger partial charge in [0.05, 0.1) is 10.6 Å². The summed E-state index contributed by atoms with van der Waals surface area (Å²) in [7, 11) is 0. The molecule has 7 nitrogen and oxygen atoms in total. The fourth-order valence-electron chi connectivity index (χ4n) is 2.86. The summed E-state index contributed by atoms with van der Waals surface area (Å²) in [5.74, 6) is -0.00995. The Bertz CT molecular complexity index is 1380. The average Bonchev–Trinajstić information content (AvgIpc) is 3.17. The molecule has 0 atom stereocenters. The number of anilines is 1. The van der Waals surface area contributed by atoms with Gasteiger partial charge in [0.15, 0.2) is 17.3 Å². The largest absolute Gasteiger partial charge is 0.507 e. The maximum absolute atomic E-state index is 12.2. The van der Waals surface area contributed by atoms with Crippen LogP contribution in [0.15, 0.2) is 59.0 Å². The lowest BCUT2D eigenvalue weighted by molar-refractivity contribution is -0.121. The molecule has 0 saturated carbocycles. The molecule has 33 heavy (non-hydrogen) atoms. The van der Waals surface area contributed by atoms with Gasteiger partial charge < -0.3 is 19.6 Å². The zero-order valence-electron chi connectivity index (χ0n) is 16.6. The van der Waals surface area contributed by atoms with Gasteiger partial charge in [0.2, 0.25) is 5.89 Å². The van der Waals surface area contributed by atoms with Crippen LogP contribution < -0.4 is 15.4 Å². The molecule has 0 unspecified atom stereocenters. The van der Waals surface area contributed by atoms with Crippen LogP contribution in [0.5, 0.6) is 11.5 Å². The molecule has 1 aromatic heterocycles. The van der Waals surface area contributed by atoms with Crippen LogP contribution in [0.3, 0.4) is 0 Å². The number of oxazole rings is 1. The lowest BCUT2D eigenvalue weighted by Gasteiger charge is -2.12. The van der Waals surface area contributed by atoms with Crippen molar-refractivity contribution >= 4 is 74.8 Å². The fourth-order valence-corrected chi connectivity index (χ4v) is 3.72. The number of nitrogens with zero attached hydrogens (tertiary/aromatic N) is 1. The Labute approximate surface area is 208 Å². The van der Waals surface area contributed by atoms with E-state index in [9.17, 15) is 9.90 Å². The van der Waals surface area contributed by atoms with Crippen LogP contribution in [-0.2, 0) is 4.79 Å². The molecule has 3 aromatic carbocycles. The third kappa shape index (κ3) is 5.66. The second-order valence-electron chi connectivity index (χ2n) is 6.73. The van der Waals surface area contributed by atoms with E-state index in [0.29, 0.717) is 38.1 Å².